The first-order chi connectivity index (χ1) is 11.6. The van der Waals surface area contributed by atoms with Gasteiger partial charge in [0.15, 0.2) is 0 Å². The Morgan fingerprint density at radius 1 is 1.21 bits per heavy atom. The van der Waals surface area contributed by atoms with Crippen LogP contribution in [0.1, 0.15) is 21.8 Å². The third kappa shape index (κ3) is 2.92. The van der Waals surface area contributed by atoms with E-state index in [2.05, 4.69) is 15.3 Å². The van der Waals surface area contributed by atoms with Gasteiger partial charge in [0.1, 0.15) is 5.82 Å². The van der Waals surface area contributed by atoms with Crippen LogP contribution in [0.4, 0.5) is 5.82 Å². The number of aromatic nitrogens is 2. The first-order valence-corrected chi connectivity index (χ1v) is 7.66. The van der Waals surface area contributed by atoms with Gasteiger partial charge in [0.05, 0.1) is 11.5 Å². The minimum absolute atomic E-state index is 0.176. The van der Waals surface area contributed by atoms with Crippen LogP contribution in [0, 0.1) is 5.92 Å². The zero-order valence-corrected chi connectivity index (χ0v) is 13.2. The molecule has 3 heterocycles. The van der Waals surface area contributed by atoms with E-state index in [0.717, 1.165) is 5.56 Å². The van der Waals surface area contributed by atoms with Gasteiger partial charge in [0.2, 0.25) is 0 Å². The molecule has 0 bridgehead atoms. The summed E-state index contributed by atoms with van der Waals surface area (Å²) >= 11 is 0. The summed E-state index contributed by atoms with van der Waals surface area (Å²) in [5.41, 5.74) is 1.37. The number of anilines is 1. The topological polar surface area (TPSA) is 95.4 Å². The average Bonchev–Trinajstić information content (AvgIpc) is 3.07. The lowest BCUT2D eigenvalue weighted by atomic mass is 9.90. The van der Waals surface area contributed by atoms with Crippen LogP contribution in [0.15, 0.2) is 42.9 Å². The molecule has 0 unspecified atom stereocenters. The van der Waals surface area contributed by atoms with Gasteiger partial charge in [-0.3, -0.25) is 14.6 Å². The SMILES string of the molecule is CNC(=O)c1cccnc1N1C[C@@H](C(=O)O)[C@H](c2ccncc2)C1. The lowest BCUT2D eigenvalue weighted by Gasteiger charge is -2.20. The van der Waals surface area contributed by atoms with Crippen molar-refractivity contribution in [1.29, 1.82) is 0 Å². The lowest BCUT2D eigenvalue weighted by molar-refractivity contribution is -0.141. The third-order valence-electron chi connectivity index (χ3n) is 4.33. The van der Waals surface area contributed by atoms with Gasteiger partial charge in [0.25, 0.3) is 5.91 Å². The molecule has 2 atom stereocenters. The highest BCUT2D eigenvalue weighted by molar-refractivity contribution is 5.98. The molecular formula is C17H18N4O3. The van der Waals surface area contributed by atoms with Crippen molar-refractivity contribution in [1.82, 2.24) is 15.3 Å². The van der Waals surface area contributed by atoms with Crippen LogP contribution in [0.2, 0.25) is 0 Å². The van der Waals surface area contributed by atoms with Crippen molar-refractivity contribution < 1.29 is 14.7 Å². The summed E-state index contributed by atoms with van der Waals surface area (Å²) in [4.78, 5) is 33.9. The maximum Gasteiger partial charge on any atom is 0.308 e. The largest absolute Gasteiger partial charge is 0.481 e. The molecule has 24 heavy (non-hydrogen) atoms. The first kappa shape index (κ1) is 15.9. The summed E-state index contributed by atoms with van der Waals surface area (Å²) in [5.74, 6) is -1.31. The number of rotatable bonds is 4. The summed E-state index contributed by atoms with van der Waals surface area (Å²) in [5, 5.41) is 12.2. The number of carboxylic acids is 1. The van der Waals surface area contributed by atoms with Crippen molar-refractivity contribution in [2.45, 2.75) is 5.92 Å². The van der Waals surface area contributed by atoms with Crippen LogP contribution in [-0.4, -0.2) is 47.1 Å². The summed E-state index contributed by atoms with van der Waals surface area (Å²) in [6.45, 7) is 0.797. The number of amides is 1. The van der Waals surface area contributed by atoms with Crippen LogP contribution in [0.3, 0.4) is 0 Å². The van der Waals surface area contributed by atoms with Gasteiger partial charge in [-0.1, -0.05) is 0 Å². The van der Waals surface area contributed by atoms with Crippen molar-refractivity contribution in [2.75, 3.05) is 25.0 Å². The summed E-state index contributed by atoms with van der Waals surface area (Å²) in [6.07, 6.45) is 4.93. The zero-order valence-electron chi connectivity index (χ0n) is 13.2. The monoisotopic (exact) mass is 326 g/mol. The van der Waals surface area contributed by atoms with Gasteiger partial charge >= 0.3 is 5.97 Å². The molecule has 7 heteroatoms. The maximum absolute atomic E-state index is 12.1. The van der Waals surface area contributed by atoms with Gasteiger partial charge in [-0.15, -0.1) is 0 Å². The quantitative estimate of drug-likeness (QED) is 0.875. The highest BCUT2D eigenvalue weighted by atomic mass is 16.4. The van der Waals surface area contributed by atoms with Crippen LogP contribution in [0.5, 0.6) is 0 Å². The molecule has 1 fully saturated rings. The Hall–Kier alpha value is -2.96. The molecule has 0 aromatic carbocycles. The van der Waals surface area contributed by atoms with E-state index in [1.165, 1.54) is 0 Å². The molecule has 0 aliphatic carbocycles. The number of pyridine rings is 2. The Balaban J connectivity index is 1.95. The fraction of sp³-hybridized carbons (Fsp3) is 0.294. The summed E-state index contributed by atoms with van der Waals surface area (Å²) in [6, 6.07) is 7.06. The molecule has 7 nitrogen and oxygen atoms in total. The Morgan fingerprint density at radius 3 is 2.62 bits per heavy atom. The molecule has 124 valence electrons. The third-order valence-corrected chi connectivity index (χ3v) is 4.33. The highest BCUT2D eigenvalue weighted by Crippen LogP contribution is 2.35. The minimum atomic E-state index is -0.850. The van der Waals surface area contributed by atoms with Crippen LogP contribution in [0.25, 0.3) is 0 Å². The number of hydrogen-bond acceptors (Lipinski definition) is 5. The van der Waals surface area contributed by atoms with E-state index in [4.69, 9.17) is 0 Å². The molecule has 1 saturated heterocycles. The van der Waals surface area contributed by atoms with E-state index in [0.29, 0.717) is 24.5 Å². The predicted molar refractivity (Wildman–Crippen MR) is 87.9 cm³/mol. The molecule has 1 aliphatic rings. The van der Waals surface area contributed by atoms with Gasteiger partial charge in [-0.05, 0) is 29.8 Å². The Labute approximate surface area is 139 Å². The number of carbonyl (C=O) groups is 2. The fourth-order valence-corrected chi connectivity index (χ4v) is 3.14. The molecule has 1 aliphatic heterocycles. The number of aliphatic carboxylic acids is 1. The first-order valence-electron chi connectivity index (χ1n) is 7.66. The average molecular weight is 326 g/mol. The summed E-state index contributed by atoms with van der Waals surface area (Å²) in [7, 11) is 1.56. The number of nitrogens with zero attached hydrogens (tertiary/aromatic N) is 3. The lowest BCUT2D eigenvalue weighted by Crippen LogP contribution is -2.27. The minimum Gasteiger partial charge on any atom is -0.481 e. The Kier molecular flexibility index (Phi) is 4.41. The second kappa shape index (κ2) is 6.66. The number of hydrogen-bond donors (Lipinski definition) is 2. The molecule has 0 radical (unpaired) electrons. The van der Waals surface area contributed by atoms with Gasteiger partial charge in [-0.2, -0.15) is 0 Å². The molecular weight excluding hydrogens is 308 g/mol. The van der Waals surface area contributed by atoms with E-state index in [1.807, 2.05) is 17.0 Å². The van der Waals surface area contributed by atoms with E-state index in [-0.39, 0.29) is 11.8 Å². The van der Waals surface area contributed by atoms with Gasteiger partial charge in [0, 0.05) is 44.6 Å². The van der Waals surface area contributed by atoms with Crippen molar-refractivity contribution in [2.24, 2.45) is 5.92 Å². The fourth-order valence-electron chi connectivity index (χ4n) is 3.14. The zero-order chi connectivity index (χ0) is 17.1. The molecule has 2 aromatic heterocycles. The normalized spacial score (nSPS) is 20.0. The standard InChI is InChI=1S/C17H18N4O3/c1-18-16(22)12-3-2-6-20-15(12)21-9-13(14(10-21)17(23)24)11-4-7-19-8-5-11/h2-8,13-14H,9-10H2,1H3,(H,18,22)(H,23,24)/t13-,14+/m0/s1. The van der Waals surface area contributed by atoms with Crippen molar-refractivity contribution >= 4 is 17.7 Å². The van der Waals surface area contributed by atoms with E-state index in [9.17, 15) is 14.7 Å². The number of carbonyl (C=O) groups excluding carboxylic acids is 1. The van der Waals surface area contributed by atoms with Crippen molar-refractivity contribution in [3.63, 3.8) is 0 Å². The number of carboxylic acid groups (broad SMARTS) is 1. The van der Waals surface area contributed by atoms with E-state index < -0.39 is 11.9 Å². The number of nitrogens with one attached hydrogen (secondary N) is 1. The van der Waals surface area contributed by atoms with E-state index >= 15 is 0 Å². The second-order valence-electron chi connectivity index (χ2n) is 5.69. The molecule has 2 N–H and O–H groups in total. The Morgan fingerprint density at radius 2 is 1.96 bits per heavy atom. The van der Waals surface area contributed by atoms with Crippen LogP contribution in [-0.2, 0) is 4.79 Å². The summed E-state index contributed by atoms with van der Waals surface area (Å²) < 4.78 is 0. The second-order valence-corrected chi connectivity index (χ2v) is 5.69. The smallest absolute Gasteiger partial charge is 0.308 e. The van der Waals surface area contributed by atoms with E-state index in [1.54, 1.807) is 37.8 Å². The molecule has 0 saturated carbocycles. The molecule has 0 spiro atoms. The van der Waals surface area contributed by atoms with Crippen molar-refractivity contribution in [3.8, 4) is 0 Å². The highest BCUT2D eigenvalue weighted by Gasteiger charge is 2.40. The molecule has 2 aromatic rings. The Bertz CT molecular complexity index is 751. The molecule has 1 amide bonds. The van der Waals surface area contributed by atoms with Crippen LogP contribution < -0.4 is 10.2 Å². The van der Waals surface area contributed by atoms with Crippen molar-refractivity contribution in [3.05, 3.63) is 54.0 Å². The van der Waals surface area contributed by atoms with Gasteiger partial charge in [-0.25, -0.2) is 4.98 Å². The molecule has 3 rings (SSSR count). The predicted octanol–water partition coefficient (Wildman–Crippen LogP) is 1.14. The maximum atomic E-state index is 12.1. The van der Waals surface area contributed by atoms with Gasteiger partial charge < -0.3 is 15.3 Å². The van der Waals surface area contributed by atoms with Crippen LogP contribution >= 0.6 is 0 Å².